The fraction of sp³-hybridized carbons (Fsp3) is 0.0536. The first-order chi connectivity index (χ1) is 32.8. The fourth-order valence-electron chi connectivity index (χ4n) is 9.79. The van der Waals surface area contributed by atoms with E-state index >= 15 is 0 Å². The van der Waals surface area contributed by atoms with Gasteiger partial charge in [-0.25, -0.2) is 4.98 Å². The molecule has 0 fully saturated rings. The maximum absolute atomic E-state index is 10.5. The van der Waals surface area contributed by atoms with E-state index in [2.05, 4.69) is 128 Å². The van der Waals surface area contributed by atoms with Crippen molar-refractivity contribution in [2.75, 3.05) is 0 Å². The Kier molecular flexibility index (Phi) is 7.79. The number of hydrogen-bond acceptors (Lipinski definition) is 4. The number of rotatable bonds is 9. The number of ether oxygens (including phenoxy) is 1. The second-order valence-corrected chi connectivity index (χ2v) is 19.6. The van der Waals surface area contributed by atoms with Gasteiger partial charge in [0.15, 0.2) is 8.07 Å². The van der Waals surface area contributed by atoms with Crippen LogP contribution in [0.3, 0.4) is 0 Å². The summed E-state index contributed by atoms with van der Waals surface area (Å²) in [7, 11) is -3.59. The van der Waals surface area contributed by atoms with Crippen LogP contribution in [0.25, 0.3) is 33.5 Å². The van der Waals surface area contributed by atoms with Gasteiger partial charge in [-0.05, 0) is 99.2 Å². The lowest BCUT2D eigenvalue weighted by Gasteiger charge is -2.44. The van der Waals surface area contributed by atoms with Crippen LogP contribution in [0.5, 0.6) is 11.5 Å². The Morgan fingerprint density at radius 3 is 1.81 bits per heavy atom. The molecule has 0 radical (unpaired) electrons. The first-order valence-corrected chi connectivity index (χ1v) is 23.1. The Balaban J connectivity index is 1.22. The molecule has 0 saturated heterocycles. The largest absolute Gasteiger partial charge is 0.457 e. The molecule has 11 aromatic rings. The standard InChI is InChI=1S/C56H41N5OSi/c1-3-20-43(21-4-1)63(44-22-5-2-6-23-44,45-24-13-19-42(35-45)60-50-29-10-11-30-51(50)61-49-28-9-8-27-48(49)59-55(60)61)53-32-14-26-47-54(53)62-52-31-12-7-25-46(52)56(47,36-40-17-15-33-57-38-40)37-41-18-16-34-58-39-41/h1-35,38-39H,36-37H2/i36D2,37D2. The number of imidazole rings is 2. The van der Waals surface area contributed by atoms with Gasteiger partial charge in [-0.3, -0.25) is 18.9 Å². The van der Waals surface area contributed by atoms with Gasteiger partial charge in [0, 0.05) is 52.5 Å². The van der Waals surface area contributed by atoms with Crippen molar-refractivity contribution < 1.29 is 10.2 Å². The maximum Gasteiger partial charge on any atom is 0.220 e. The molecular formula is C56H41N5OSi. The van der Waals surface area contributed by atoms with Gasteiger partial charge in [0.1, 0.15) is 11.5 Å². The Bertz CT molecular complexity index is 3550. The van der Waals surface area contributed by atoms with Gasteiger partial charge >= 0.3 is 0 Å². The molecule has 300 valence electrons. The van der Waals surface area contributed by atoms with Crippen LogP contribution >= 0.6 is 0 Å². The van der Waals surface area contributed by atoms with Gasteiger partial charge in [-0.2, -0.15) is 0 Å². The normalized spacial score (nSPS) is 14.5. The van der Waals surface area contributed by atoms with Crippen molar-refractivity contribution in [1.29, 1.82) is 0 Å². The van der Waals surface area contributed by atoms with E-state index in [9.17, 15) is 5.48 Å². The number of pyridine rings is 2. The Morgan fingerprint density at radius 2 is 1.11 bits per heavy atom. The van der Waals surface area contributed by atoms with Crippen molar-refractivity contribution in [1.82, 2.24) is 23.9 Å². The summed E-state index contributed by atoms with van der Waals surface area (Å²) in [6.45, 7) is 0. The number of aromatic nitrogens is 5. The quantitative estimate of drug-likeness (QED) is 0.108. The predicted octanol–water partition coefficient (Wildman–Crippen LogP) is 9.48. The summed E-state index contributed by atoms with van der Waals surface area (Å²) >= 11 is 0. The zero-order valence-electron chi connectivity index (χ0n) is 38.0. The van der Waals surface area contributed by atoms with E-state index in [1.807, 2.05) is 60.7 Å². The second kappa shape index (κ2) is 14.9. The molecule has 6 nitrogen and oxygen atoms in total. The maximum atomic E-state index is 10.5. The van der Waals surface area contributed by atoms with Crippen LogP contribution in [-0.4, -0.2) is 32.0 Å². The Labute approximate surface area is 372 Å². The van der Waals surface area contributed by atoms with Crippen LogP contribution < -0.4 is 25.5 Å². The lowest BCUT2D eigenvalue weighted by Crippen LogP contribution is -2.75. The zero-order valence-corrected chi connectivity index (χ0v) is 35.0. The average molecular weight is 832 g/mol. The van der Waals surface area contributed by atoms with E-state index in [4.69, 9.17) is 9.72 Å². The van der Waals surface area contributed by atoms with Gasteiger partial charge in [-0.15, -0.1) is 0 Å². The van der Waals surface area contributed by atoms with E-state index < -0.39 is 26.2 Å². The highest BCUT2D eigenvalue weighted by Crippen LogP contribution is 2.51. The first kappa shape index (κ1) is 32.8. The Morgan fingerprint density at radius 1 is 0.524 bits per heavy atom. The number of benzene rings is 7. The fourth-order valence-corrected chi connectivity index (χ4v) is 14.7. The highest BCUT2D eigenvalue weighted by atomic mass is 28.3. The summed E-state index contributed by atoms with van der Waals surface area (Å²) in [6.07, 6.45) is 1.38. The molecule has 1 aliphatic heterocycles. The minimum absolute atomic E-state index is 0.232. The van der Waals surface area contributed by atoms with Crippen LogP contribution in [0.4, 0.5) is 0 Å². The van der Waals surface area contributed by atoms with E-state index in [1.54, 1.807) is 42.7 Å². The molecule has 4 aromatic heterocycles. The topological polar surface area (TPSA) is 57.2 Å². The van der Waals surface area contributed by atoms with Crippen LogP contribution in [0.1, 0.15) is 27.7 Å². The highest BCUT2D eigenvalue weighted by Gasteiger charge is 2.49. The molecule has 0 unspecified atom stereocenters. The molecule has 63 heavy (non-hydrogen) atoms. The summed E-state index contributed by atoms with van der Waals surface area (Å²) in [5.41, 5.74) is 4.07. The van der Waals surface area contributed by atoms with Crippen LogP contribution in [-0.2, 0) is 18.2 Å². The van der Waals surface area contributed by atoms with Crippen LogP contribution in [0.15, 0.2) is 225 Å². The molecule has 5 heterocycles. The first-order valence-electron chi connectivity index (χ1n) is 23.1. The minimum Gasteiger partial charge on any atom is -0.457 e. The molecule has 0 saturated carbocycles. The third-order valence-corrected chi connectivity index (χ3v) is 17.1. The van der Waals surface area contributed by atoms with Gasteiger partial charge in [0.2, 0.25) is 5.78 Å². The van der Waals surface area contributed by atoms with Crippen LogP contribution in [0, 0.1) is 0 Å². The molecule has 0 N–H and O–H groups in total. The molecule has 0 amide bonds. The molecule has 0 spiro atoms. The number of hydrogen-bond donors (Lipinski definition) is 0. The van der Waals surface area contributed by atoms with E-state index in [0.29, 0.717) is 22.6 Å². The minimum atomic E-state index is -3.59. The van der Waals surface area contributed by atoms with Crippen molar-refractivity contribution in [3.05, 3.63) is 247 Å². The molecule has 0 atom stereocenters. The molecule has 12 rings (SSSR count). The number of nitrogens with zero attached hydrogens (tertiary/aromatic N) is 5. The smallest absolute Gasteiger partial charge is 0.220 e. The van der Waals surface area contributed by atoms with E-state index in [1.165, 1.54) is 12.4 Å². The summed E-state index contributed by atoms with van der Waals surface area (Å²) in [4.78, 5) is 14.0. The van der Waals surface area contributed by atoms with Crippen molar-refractivity contribution in [2.45, 2.75) is 18.2 Å². The molecule has 0 aliphatic carbocycles. The SMILES string of the molecule is [2H]C([2H])(c1cccnc1)C1(C([2H])([2H])c2cccnc2)c2ccccc2Oc2c1cccc2[Si](c1ccccc1)(c1ccccc1)c1cccc(-n2c3ccccc3n3c4ccccc4nc23)c1. The lowest BCUT2D eigenvalue weighted by molar-refractivity contribution is 0.387. The van der Waals surface area contributed by atoms with Crippen molar-refractivity contribution in [3.63, 3.8) is 0 Å². The summed E-state index contributed by atoms with van der Waals surface area (Å²) < 4.78 is 53.7. The highest BCUT2D eigenvalue weighted by molar-refractivity contribution is 7.20. The summed E-state index contributed by atoms with van der Waals surface area (Å²) in [6, 6.07) is 66.4. The van der Waals surface area contributed by atoms with Gasteiger partial charge < -0.3 is 4.74 Å². The van der Waals surface area contributed by atoms with Crippen LogP contribution in [0.2, 0.25) is 0 Å². The second-order valence-electron chi connectivity index (χ2n) is 15.9. The lowest BCUT2D eigenvalue weighted by atomic mass is 9.65. The predicted molar refractivity (Wildman–Crippen MR) is 256 cm³/mol. The van der Waals surface area contributed by atoms with E-state index in [0.717, 1.165) is 54.3 Å². The van der Waals surface area contributed by atoms with Crippen molar-refractivity contribution >= 4 is 56.7 Å². The molecule has 0 bridgehead atoms. The monoisotopic (exact) mass is 831 g/mol. The zero-order chi connectivity index (χ0) is 45.4. The molecular weight excluding hydrogens is 787 g/mol. The third kappa shape index (κ3) is 5.81. The van der Waals surface area contributed by atoms with Crippen molar-refractivity contribution in [2.24, 2.45) is 0 Å². The van der Waals surface area contributed by atoms with Gasteiger partial charge in [-0.1, -0.05) is 146 Å². The summed E-state index contributed by atoms with van der Waals surface area (Å²) in [5, 5.41) is 4.02. The molecule has 7 aromatic carbocycles. The number of para-hydroxylation sites is 6. The molecule has 1 aliphatic rings. The van der Waals surface area contributed by atoms with Gasteiger partial charge in [0.05, 0.1) is 22.1 Å². The van der Waals surface area contributed by atoms with E-state index in [-0.39, 0.29) is 11.1 Å². The Hall–Kier alpha value is -7.87. The number of fused-ring (bicyclic) bond motifs is 7. The average Bonchev–Trinajstić information content (AvgIpc) is 3.92. The molecule has 7 heteroatoms. The van der Waals surface area contributed by atoms with Crippen molar-refractivity contribution in [3.8, 4) is 17.2 Å². The summed E-state index contributed by atoms with van der Waals surface area (Å²) in [5.74, 6) is 1.58. The third-order valence-electron chi connectivity index (χ3n) is 12.4. The van der Waals surface area contributed by atoms with Gasteiger partial charge in [0.25, 0.3) is 0 Å².